The van der Waals surface area contributed by atoms with Crippen LogP contribution in [0.25, 0.3) is 0 Å². The van der Waals surface area contributed by atoms with Gasteiger partial charge in [0.25, 0.3) is 0 Å². The van der Waals surface area contributed by atoms with Gasteiger partial charge in [-0.15, -0.1) is 0 Å². The van der Waals surface area contributed by atoms with E-state index < -0.39 is 0 Å². The summed E-state index contributed by atoms with van der Waals surface area (Å²) in [7, 11) is 0. The van der Waals surface area contributed by atoms with Crippen LogP contribution in [-0.4, -0.2) is 35.6 Å². The Hall–Kier alpha value is -1.60. The monoisotopic (exact) mass is 244 g/mol. The van der Waals surface area contributed by atoms with E-state index >= 15 is 0 Å². The smallest absolute Gasteiger partial charge is 0.127 e. The number of aromatic nitrogens is 1. The summed E-state index contributed by atoms with van der Waals surface area (Å²) in [4.78, 5) is 6.89. The van der Waals surface area contributed by atoms with Crippen LogP contribution >= 0.6 is 0 Å². The van der Waals surface area contributed by atoms with Crippen LogP contribution in [0.1, 0.15) is 31.0 Å². The van der Waals surface area contributed by atoms with Crippen LogP contribution in [0.5, 0.6) is 0 Å². The normalized spacial score (nSPS) is 20.4. The number of nitriles is 1. The van der Waals surface area contributed by atoms with Gasteiger partial charge in [-0.3, -0.25) is 0 Å². The number of hydrogen-bond donors (Lipinski definition) is 1. The van der Waals surface area contributed by atoms with Crippen molar-refractivity contribution in [2.75, 3.05) is 25.0 Å². The number of anilines is 1. The lowest BCUT2D eigenvalue weighted by molar-refractivity contribution is 0.226. The first-order chi connectivity index (χ1) is 8.71. The van der Waals surface area contributed by atoms with Crippen LogP contribution in [0.2, 0.25) is 0 Å². The number of nitrogens with one attached hydrogen (secondary N) is 1. The summed E-state index contributed by atoms with van der Waals surface area (Å²) in [6.45, 7) is 7.47. The second-order valence-corrected chi connectivity index (χ2v) is 4.87. The predicted molar refractivity (Wildman–Crippen MR) is 72.4 cm³/mol. The summed E-state index contributed by atoms with van der Waals surface area (Å²) >= 11 is 0. The standard InChI is InChI=1S/C14H20N4/c1-3-18-6-4-5-13(10-18)17-14-8-12(9-15)7-11(2)16-14/h7-8,13H,3-6,10H2,1-2H3,(H,16,17). The Balaban J connectivity index is 2.05. The van der Waals surface area contributed by atoms with Crippen LogP contribution in [0.3, 0.4) is 0 Å². The van der Waals surface area contributed by atoms with Crippen molar-refractivity contribution in [3.63, 3.8) is 0 Å². The molecule has 1 aliphatic heterocycles. The van der Waals surface area contributed by atoms with Crippen molar-refractivity contribution in [2.24, 2.45) is 0 Å². The predicted octanol–water partition coefficient (Wildman–Crippen LogP) is 2.16. The zero-order valence-electron chi connectivity index (χ0n) is 11.1. The fourth-order valence-corrected chi connectivity index (χ4v) is 2.48. The van der Waals surface area contributed by atoms with Crippen LogP contribution in [0, 0.1) is 18.3 Å². The van der Waals surface area contributed by atoms with Gasteiger partial charge in [-0.05, 0) is 45.0 Å². The summed E-state index contributed by atoms with van der Waals surface area (Å²) in [6.07, 6.45) is 2.40. The van der Waals surface area contributed by atoms with E-state index in [1.165, 1.54) is 19.4 Å². The minimum atomic E-state index is 0.444. The lowest BCUT2D eigenvalue weighted by atomic mass is 10.1. The lowest BCUT2D eigenvalue weighted by Gasteiger charge is -2.32. The molecule has 1 atom stereocenters. The Morgan fingerprint density at radius 3 is 3.11 bits per heavy atom. The number of piperidine rings is 1. The molecule has 2 heterocycles. The quantitative estimate of drug-likeness (QED) is 0.885. The molecule has 18 heavy (non-hydrogen) atoms. The van der Waals surface area contributed by atoms with Gasteiger partial charge in [0, 0.05) is 18.3 Å². The van der Waals surface area contributed by atoms with E-state index in [1.54, 1.807) is 0 Å². The summed E-state index contributed by atoms with van der Waals surface area (Å²) in [5.74, 6) is 0.828. The number of rotatable bonds is 3. The van der Waals surface area contributed by atoms with E-state index in [1.807, 2.05) is 19.1 Å². The van der Waals surface area contributed by atoms with Crippen molar-refractivity contribution < 1.29 is 0 Å². The number of nitrogens with zero attached hydrogens (tertiary/aromatic N) is 3. The van der Waals surface area contributed by atoms with E-state index in [-0.39, 0.29) is 0 Å². The fraction of sp³-hybridized carbons (Fsp3) is 0.571. The van der Waals surface area contributed by atoms with Gasteiger partial charge >= 0.3 is 0 Å². The van der Waals surface area contributed by atoms with E-state index in [0.717, 1.165) is 24.6 Å². The number of likely N-dealkylation sites (N-methyl/N-ethyl adjacent to an activating group) is 1. The third-order valence-corrected chi connectivity index (χ3v) is 3.39. The molecule has 1 aliphatic rings. The van der Waals surface area contributed by atoms with Gasteiger partial charge in [-0.25, -0.2) is 4.98 Å². The molecule has 1 fully saturated rings. The number of hydrogen-bond acceptors (Lipinski definition) is 4. The maximum Gasteiger partial charge on any atom is 0.127 e. The molecule has 2 rings (SSSR count). The van der Waals surface area contributed by atoms with Gasteiger partial charge < -0.3 is 10.2 Å². The first-order valence-corrected chi connectivity index (χ1v) is 6.59. The van der Waals surface area contributed by atoms with E-state index in [0.29, 0.717) is 11.6 Å². The Kier molecular flexibility index (Phi) is 4.16. The summed E-state index contributed by atoms with van der Waals surface area (Å²) in [5.41, 5.74) is 1.56. The average Bonchev–Trinajstić information content (AvgIpc) is 2.38. The second kappa shape index (κ2) is 5.83. The molecule has 1 saturated heterocycles. The first kappa shape index (κ1) is 12.8. The van der Waals surface area contributed by atoms with Gasteiger partial charge in [0.05, 0.1) is 11.6 Å². The zero-order chi connectivity index (χ0) is 13.0. The summed E-state index contributed by atoms with van der Waals surface area (Å²) in [5, 5.41) is 12.4. The molecule has 1 unspecified atom stereocenters. The van der Waals surface area contributed by atoms with Crippen LogP contribution in [-0.2, 0) is 0 Å². The molecule has 4 heteroatoms. The number of pyridine rings is 1. The van der Waals surface area contributed by atoms with Gasteiger partial charge in [0.15, 0.2) is 0 Å². The number of aryl methyl sites for hydroxylation is 1. The first-order valence-electron chi connectivity index (χ1n) is 6.59. The van der Waals surface area contributed by atoms with Gasteiger partial charge in [-0.2, -0.15) is 5.26 Å². The highest BCUT2D eigenvalue weighted by atomic mass is 15.2. The van der Waals surface area contributed by atoms with E-state index in [2.05, 4.69) is 28.2 Å². The third-order valence-electron chi connectivity index (χ3n) is 3.39. The molecule has 0 radical (unpaired) electrons. The van der Waals surface area contributed by atoms with Crippen molar-refractivity contribution >= 4 is 5.82 Å². The maximum atomic E-state index is 8.96. The highest BCUT2D eigenvalue weighted by molar-refractivity contribution is 5.45. The van der Waals surface area contributed by atoms with Crippen LogP contribution in [0.15, 0.2) is 12.1 Å². The highest BCUT2D eigenvalue weighted by Crippen LogP contribution is 2.16. The lowest BCUT2D eigenvalue weighted by Crippen LogP contribution is -2.42. The average molecular weight is 244 g/mol. The Morgan fingerprint density at radius 2 is 2.39 bits per heavy atom. The largest absolute Gasteiger partial charge is 0.366 e. The van der Waals surface area contributed by atoms with Crippen molar-refractivity contribution in [3.05, 3.63) is 23.4 Å². The van der Waals surface area contributed by atoms with Crippen molar-refractivity contribution in [1.29, 1.82) is 5.26 Å². The van der Waals surface area contributed by atoms with Crippen molar-refractivity contribution in [2.45, 2.75) is 32.7 Å². The minimum Gasteiger partial charge on any atom is -0.366 e. The molecule has 0 saturated carbocycles. The molecular weight excluding hydrogens is 224 g/mol. The van der Waals surface area contributed by atoms with Gasteiger partial charge in [0.2, 0.25) is 0 Å². The Labute approximate surface area is 109 Å². The van der Waals surface area contributed by atoms with Gasteiger partial charge in [-0.1, -0.05) is 6.92 Å². The Morgan fingerprint density at radius 1 is 1.56 bits per heavy atom. The van der Waals surface area contributed by atoms with Crippen molar-refractivity contribution in [1.82, 2.24) is 9.88 Å². The third kappa shape index (κ3) is 3.21. The highest BCUT2D eigenvalue weighted by Gasteiger charge is 2.18. The molecule has 1 aromatic heterocycles. The number of likely N-dealkylation sites (tertiary alicyclic amines) is 1. The van der Waals surface area contributed by atoms with E-state index in [4.69, 9.17) is 5.26 Å². The fourth-order valence-electron chi connectivity index (χ4n) is 2.48. The molecule has 96 valence electrons. The maximum absolute atomic E-state index is 8.96. The second-order valence-electron chi connectivity index (χ2n) is 4.87. The molecule has 0 aliphatic carbocycles. The van der Waals surface area contributed by atoms with Crippen LogP contribution < -0.4 is 5.32 Å². The van der Waals surface area contributed by atoms with Gasteiger partial charge in [0.1, 0.15) is 5.82 Å². The summed E-state index contributed by atoms with van der Waals surface area (Å²) in [6, 6.07) is 6.26. The minimum absolute atomic E-state index is 0.444. The molecule has 0 amide bonds. The van der Waals surface area contributed by atoms with Crippen molar-refractivity contribution in [3.8, 4) is 6.07 Å². The molecule has 0 bridgehead atoms. The topological polar surface area (TPSA) is 52.0 Å². The van der Waals surface area contributed by atoms with Crippen LogP contribution in [0.4, 0.5) is 5.82 Å². The van der Waals surface area contributed by atoms with E-state index in [9.17, 15) is 0 Å². The molecular formula is C14H20N4. The molecule has 0 spiro atoms. The summed E-state index contributed by atoms with van der Waals surface area (Å²) < 4.78 is 0. The molecule has 0 aromatic carbocycles. The zero-order valence-corrected chi connectivity index (χ0v) is 11.1. The Bertz CT molecular complexity index is 450. The molecule has 1 N–H and O–H groups in total. The molecule has 1 aromatic rings. The molecule has 4 nitrogen and oxygen atoms in total. The SMILES string of the molecule is CCN1CCCC(Nc2cc(C#N)cc(C)n2)C1.